The van der Waals surface area contributed by atoms with Crippen LogP contribution >= 0.6 is 22.6 Å². The first-order valence-electron chi connectivity index (χ1n) is 5.54. The van der Waals surface area contributed by atoms with Gasteiger partial charge in [-0.15, -0.1) is 0 Å². The van der Waals surface area contributed by atoms with E-state index in [2.05, 4.69) is 5.32 Å². The van der Waals surface area contributed by atoms with Gasteiger partial charge in [0.05, 0.1) is 12.1 Å². The van der Waals surface area contributed by atoms with Gasteiger partial charge in [-0.05, 0) is 58.5 Å². The molecule has 0 bridgehead atoms. The van der Waals surface area contributed by atoms with Crippen molar-refractivity contribution in [3.05, 3.63) is 63.2 Å². The van der Waals surface area contributed by atoms with E-state index in [0.717, 1.165) is 5.56 Å². The highest BCUT2D eigenvalue weighted by atomic mass is 127. The van der Waals surface area contributed by atoms with Gasteiger partial charge in [0, 0.05) is 3.57 Å². The van der Waals surface area contributed by atoms with Gasteiger partial charge in [0.25, 0.3) is 0 Å². The number of hydrogen-bond acceptors (Lipinski definition) is 1. The monoisotopic (exact) mass is 373 g/mol. The van der Waals surface area contributed by atoms with Crippen molar-refractivity contribution in [2.45, 2.75) is 6.42 Å². The first kappa shape index (κ1) is 13.9. The van der Waals surface area contributed by atoms with E-state index in [4.69, 9.17) is 0 Å². The second-order valence-corrected chi connectivity index (χ2v) is 5.14. The lowest BCUT2D eigenvalue weighted by Gasteiger charge is -2.07. The number of amides is 1. The van der Waals surface area contributed by atoms with Gasteiger partial charge in [-0.1, -0.05) is 12.1 Å². The van der Waals surface area contributed by atoms with Crippen LogP contribution in [0.25, 0.3) is 0 Å². The van der Waals surface area contributed by atoms with Crippen molar-refractivity contribution in [1.82, 2.24) is 0 Å². The standard InChI is InChI=1S/C14H10F2INO/c15-10-3-1-9(2-4-10)7-14(19)18-13-6-5-11(16)8-12(13)17/h1-6,8H,7H2,(H,18,19). The average molecular weight is 373 g/mol. The van der Waals surface area contributed by atoms with Crippen LogP contribution in [0.15, 0.2) is 42.5 Å². The summed E-state index contributed by atoms with van der Waals surface area (Å²) in [5, 5.41) is 2.69. The molecule has 0 aromatic heterocycles. The van der Waals surface area contributed by atoms with E-state index in [1.807, 2.05) is 22.6 Å². The van der Waals surface area contributed by atoms with E-state index in [1.54, 1.807) is 12.1 Å². The van der Waals surface area contributed by atoms with Crippen molar-refractivity contribution >= 4 is 34.2 Å². The summed E-state index contributed by atoms with van der Waals surface area (Å²) in [7, 11) is 0. The number of halogens is 3. The predicted octanol–water partition coefficient (Wildman–Crippen LogP) is 3.75. The molecule has 2 aromatic rings. The summed E-state index contributed by atoms with van der Waals surface area (Å²) in [6.07, 6.45) is 0.147. The SMILES string of the molecule is O=C(Cc1ccc(F)cc1)Nc1ccc(F)cc1I. The highest BCUT2D eigenvalue weighted by molar-refractivity contribution is 14.1. The van der Waals surface area contributed by atoms with E-state index < -0.39 is 0 Å². The van der Waals surface area contributed by atoms with Crippen LogP contribution in [0.4, 0.5) is 14.5 Å². The maximum atomic E-state index is 12.9. The molecular formula is C14H10F2INO. The van der Waals surface area contributed by atoms with Gasteiger partial charge in [0.2, 0.25) is 5.91 Å². The number of hydrogen-bond donors (Lipinski definition) is 1. The largest absolute Gasteiger partial charge is 0.325 e. The smallest absolute Gasteiger partial charge is 0.228 e. The predicted molar refractivity (Wildman–Crippen MR) is 77.9 cm³/mol. The average Bonchev–Trinajstić information content (AvgIpc) is 2.36. The molecule has 0 heterocycles. The first-order chi connectivity index (χ1) is 9.04. The number of rotatable bonds is 3. The first-order valence-corrected chi connectivity index (χ1v) is 6.62. The third-order valence-corrected chi connectivity index (χ3v) is 3.38. The molecule has 0 saturated carbocycles. The molecule has 2 aromatic carbocycles. The number of carbonyl (C=O) groups excluding carboxylic acids is 1. The summed E-state index contributed by atoms with van der Waals surface area (Å²) >= 11 is 1.95. The third-order valence-electron chi connectivity index (χ3n) is 2.48. The second-order valence-electron chi connectivity index (χ2n) is 3.98. The molecule has 98 valence electrons. The Morgan fingerprint density at radius 2 is 1.68 bits per heavy atom. The Labute approximate surface area is 123 Å². The molecule has 0 unspecified atom stereocenters. The molecule has 2 rings (SSSR count). The summed E-state index contributed by atoms with van der Waals surface area (Å²) < 4.78 is 26.3. The zero-order valence-electron chi connectivity index (χ0n) is 9.79. The minimum absolute atomic E-state index is 0.147. The fourth-order valence-electron chi connectivity index (χ4n) is 1.57. The van der Waals surface area contributed by atoms with Crippen molar-refractivity contribution in [2.24, 2.45) is 0 Å². The Hall–Kier alpha value is -1.50. The Balaban J connectivity index is 2.03. The zero-order valence-corrected chi connectivity index (χ0v) is 11.9. The lowest BCUT2D eigenvalue weighted by atomic mass is 10.1. The van der Waals surface area contributed by atoms with E-state index in [0.29, 0.717) is 9.26 Å². The van der Waals surface area contributed by atoms with Crippen LogP contribution in [0.5, 0.6) is 0 Å². The summed E-state index contributed by atoms with van der Waals surface area (Å²) in [5.41, 5.74) is 1.28. The molecule has 0 fully saturated rings. The minimum Gasteiger partial charge on any atom is -0.325 e. The molecule has 0 atom stereocenters. The molecule has 19 heavy (non-hydrogen) atoms. The normalized spacial score (nSPS) is 10.3. The van der Waals surface area contributed by atoms with Crippen LogP contribution in [-0.2, 0) is 11.2 Å². The Bertz CT molecular complexity index is 599. The van der Waals surface area contributed by atoms with Crippen LogP contribution in [0.1, 0.15) is 5.56 Å². The van der Waals surface area contributed by atoms with E-state index in [9.17, 15) is 13.6 Å². The fraction of sp³-hybridized carbons (Fsp3) is 0.0714. The Kier molecular flexibility index (Phi) is 4.47. The molecule has 5 heteroatoms. The van der Waals surface area contributed by atoms with Crippen LogP contribution in [-0.4, -0.2) is 5.91 Å². The summed E-state index contributed by atoms with van der Waals surface area (Å²) in [4.78, 5) is 11.8. The molecule has 0 spiro atoms. The summed E-state index contributed by atoms with van der Waals surface area (Å²) in [6.45, 7) is 0. The van der Waals surface area contributed by atoms with Gasteiger partial charge in [-0.25, -0.2) is 8.78 Å². The van der Waals surface area contributed by atoms with Crippen LogP contribution in [0.3, 0.4) is 0 Å². The van der Waals surface area contributed by atoms with E-state index in [1.165, 1.54) is 30.3 Å². The van der Waals surface area contributed by atoms with Crippen molar-refractivity contribution in [1.29, 1.82) is 0 Å². The third kappa shape index (κ3) is 3.99. The van der Waals surface area contributed by atoms with Crippen LogP contribution in [0.2, 0.25) is 0 Å². The number of anilines is 1. The quantitative estimate of drug-likeness (QED) is 0.816. The molecule has 2 nitrogen and oxygen atoms in total. The molecule has 0 radical (unpaired) electrons. The van der Waals surface area contributed by atoms with Gasteiger partial charge < -0.3 is 5.32 Å². The molecule has 0 aliphatic carbocycles. The summed E-state index contributed by atoms with van der Waals surface area (Å²) in [6, 6.07) is 9.88. The second kappa shape index (κ2) is 6.10. The van der Waals surface area contributed by atoms with Crippen molar-refractivity contribution in [3.63, 3.8) is 0 Å². The van der Waals surface area contributed by atoms with Gasteiger partial charge >= 0.3 is 0 Å². The number of benzene rings is 2. The number of nitrogens with one attached hydrogen (secondary N) is 1. The molecule has 1 amide bonds. The number of carbonyl (C=O) groups is 1. The highest BCUT2D eigenvalue weighted by Gasteiger charge is 2.07. The van der Waals surface area contributed by atoms with Crippen molar-refractivity contribution in [3.8, 4) is 0 Å². The van der Waals surface area contributed by atoms with Crippen molar-refractivity contribution in [2.75, 3.05) is 5.32 Å². The Morgan fingerprint density at radius 1 is 1.05 bits per heavy atom. The van der Waals surface area contributed by atoms with E-state index >= 15 is 0 Å². The van der Waals surface area contributed by atoms with Gasteiger partial charge in [0.1, 0.15) is 11.6 Å². The van der Waals surface area contributed by atoms with Crippen LogP contribution < -0.4 is 5.32 Å². The molecular weight excluding hydrogens is 363 g/mol. The molecule has 0 aliphatic heterocycles. The van der Waals surface area contributed by atoms with Gasteiger partial charge in [-0.3, -0.25) is 4.79 Å². The maximum Gasteiger partial charge on any atom is 0.228 e. The molecule has 0 aliphatic rings. The van der Waals surface area contributed by atoms with Crippen molar-refractivity contribution < 1.29 is 13.6 Å². The highest BCUT2D eigenvalue weighted by Crippen LogP contribution is 2.19. The maximum absolute atomic E-state index is 12.9. The van der Waals surface area contributed by atoms with Gasteiger partial charge in [0.15, 0.2) is 0 Å². The minimum atomic E-state index is -0.346. The topological polar surface area (TPSA) is 29.1 Å². The lowest BCUT2D eigenvalue weighted by molar-refractivity contribution is -0.115. The Morgan fingerprint density at radius 3 is 2.32 bits per heavy atom. The zero-order chi connectivity index (χ0) is 13.8. The van der Waals surface area contributed by atoms with Crippen LogP contribution in [0, 0.1) is 15.2 Å². The van der Waals surface area contributed by atoms with Gasteiger partial charge in [-0.2, -0.15) is 0 Å². The molecule has 1 N–H and O–H groups in total. The lowest BCUT2D eigenvalue weighted by Crippen LogP contribution is -2.15. The summed E-state index contributed by atoms with van der Waals surface area (Å²) in [5.74, 6) is -0.908. The molecule has 0 saturated heterocycles. The van der Waals surface area contributed by atoms with E-state index in [-0.39, 0.29) is 24.0 Å². The fourth-order valence-corrected chi connectivity index (χ4v) is 2.19.